The summed E-state index contributed by atoms with van der Waals surface area (Å²) in [7, 11) is 3.16. The first kappa shape index (κ1) is 22.1. The number of para-hydroxylation sites is 2. The first-order chi connectivity index (χ1) is 13.8. The van der Waals surface area contributed by atoms with Gasteiger partial charge in [-0.05, 0) is 48.7 Å². The summed E-state index contributed by atoms with van der Waals surface area (Å²) in [6, 6.07) is 18.6. The number of nitrogens with zero attached hydrogens (tertiary/aromatic N) is 2. The molecule has 29 heavy (non-hydrogen) atoms. The highest BCUT2D eigenvalue weighted by atomic mass is 32.1. The van der Waals surface area contributed by atoms with Crippen molar-refractivity contribution >= 4 is 57.8 Å². The van der Waals surface area contributed by atoms with Crippen molar-refractivity contribution in [1.82, 2.24) is 20.9 Å². The fourth-order valence-electron chi connectivity index (χ4n) is 2.16. The van der Waals surface area contributed by atoms with Gasteiger partial charge in [0.1, 0.15) is 6.42 Å². The quantitative estimate of drug-likeness (QED) is 0.333. The second-order valence-electron chi connectivity index (χ2n) is 5.96. The Morgan fingerprint density at radius 1 is 0.724 bits per heavy atom. The van der Waals surface area contributed by atoms with Gasteiger partial charge < -0.3 is 10.6 Å². The average molecular weight is 431 g/mol. The van der Waals surface area contributed by atoms with Gasteiger partial charge in [0, 0.05) is 25.5 Å². The molecule has 4 N–H and O–H groups in total. The van der Waals surface area contributed by atoms with E-state index < -0.39 is 18.2 Å². The molecule has 2 amide bonds. The fourth-order valence-corrected chi connectivity index (χ4v) is 2.49. The van der Waals surface area contributed by atoms with Crippen molar-refractivity contribution in [3.8, 4) is 0 Å². The maximum Gasteiger partial charge on any atom is 0.248 e. The molecule has 0 spiro atoms. The summed E-state index contributed by atoms with van der Waals surface area (Å²) in [6.45, 7) is 0. The second kappa shape index (κ2) is 10.9. The van der Waals surface area contributed by atoms with Gasteiger partial charge in [0.25, 0.3) is 0 Å². The molecule has 8 nitrogen and oxygen atoms in total. The third-order valence-corrected chi connectivity index (χ3v) is 4.32. The summed E-state index contributed by atoms with van der Waals surface area (Å²) in [5.41, 5.74) is 6.65. The summed E-state index contributed by atoms with van der Waals surface area (Å²) < 4.78 is 0. The van der Waals surface area contributed by atoms with Gasteiger partial charge in [0.2, 0.25) is 11.8 Å². The van der Waals surface area contributed by atoms with Crippen LogP contribution in [0, 0.1) is 0 Å². The van der Waals surface area contributed by atoms with E-state index >= 15 is 0 Å². The first-order valence-electron chi connectivity index (χ1n) is 8.63. The van der Waals surface area contributed by atoms with Crippen molar-refractivity contribution in [2.24, 2.45) is 0 Å². The van der Waals surface area contributed by atoms with Crippen molar-refractivity contribution in [3.05, 3.63) is 60.7 Å². The van der Waals surface area contributed by atoms with E-state index in [1.165, 1.54) is 10.0 Å². The lowest BCUT2D eigenvalue weighted by Gasteiger charge is -2.23. The molecule has 0 aliphatic heterocycles. The molecule has 2 aromatic carbocycles. The molecule has 0 saturated carbocycles. The molecule has 0 radical (unpaired) electrons. The van der Waals surface area contributed by atoms with Gasteiger partial charge in [-0.1, -0.05) is 36.4 Å². The van der Waals surface area contributed by atoms with Gasteiger partial charge in [-0.25, -0.2) is 0 Å². The third-order valence-electron chi connectivity index (χ3n) is 3.57. The minimum Gasteiger partial charge on any atom is -0.331 e. The van der Waals surface area contributed by atoms with Gasteiger partial charge in [-0.15, -0.1) is 0 Å². The van der Waals surface area contributed by atoms with E-state index in [-0.39, 0.29) is 10.2 Å². The summed E-state index contributed by atoms with van der Waals surface area (Å²) >= 11 is 10.4. The zero-order chi connectivity index (χ0) is 21.2. The Hall–Kier alpha value is -3.24. The van der Waals surface area contributed by atoms with E-state index in [1.807, 2.05) is 60.7 Å². The van der Waals surface area contributed by atoms with Gasteiger partial charge in [-0.3, -0.25) is 30.5 Å². The molecule has 0 heterocycles. The molecular weight excluding hydrogens is 408 g/mol. The minimum atomic E-state index is -0.516. The van der Waals surface area contributed by atoms with Crippen LogP contribution in [0.5, 0.6) is 0 Å². The molecule has 0 aliphatic rings. The zero-order valence-corrected chi connectivity index (χ0v) is 17.6. The molecule has 0 aliphatic carbocycles. The number of hydrazine groups is 2. The number of nitrogens with one attached hydrogen (secondary N) is 4. The van der Waals surface area contributed by atoms with E-state index in [2.05, 4.69) is 21.5 Å². The van der Waals surface area contributed by atoms with Crippen LogP contribution in [0.3, 0.4) is 0 Å². The van der Waals surface area contributed by atoms with Crippen LogP contribution >= 0.6 is 24.4 Å². The van der Waals surface area contributed by atoms with Crippen LogP contribution in [-0.4, -0.2) is 46.2 Å². The number of hydrogen-bond acceptors (Lipinski definition) is 4. The smallest absolute Gasteiger partial charge is 0.248 e. The molecular formula is C19H22N6O2S2. The van der Waals surface area contributed by atoms with Gasteiger partial charge in [0.05, 0.1) is 0 Å². The summed E-state index contributed by atoms with van der Waals surface area (Å²) in [5.74, 6) is -1.03. The minimum absolute atomic E-state index is 0.287. The maximum absolute atomic E-state index is 12.1. The standard InChI is InChI=1S/C19H22N6O2S2/c1-24(18(28)20-14-9-5-3-6-10-14)22-16(26)13-17(27)23-25(2)19(29)21-15-11-7-4-8-12-15/h3-12H,13H2,1-2H3,(H,20,28)(H,21,29)(H,22,26)(H,23,27). The van der Waals surface area contributed by atoms with E-state index in [0.717, 1.165) is 11.4 Å². The Balaban J connectivity index is 1.75. The molecule has 2 aromatic rings. The first-order valence-corrected chi connectivity index (χ1v) is 9.45. The number of hydrogen-bond donors (Lipinski definition) is 4. The van der Waals surface area contributed by atoms with Gasteiger partial charge in [-0.2, -0.15) is 0 Å². The second-order valence-corrected chi connectivity index (χ2v) is 6.73. The van der Waals surface area contributed by atoms with Gasteiger partial charge >= 0.3 is 0 Å². The number of carbonyl (C=O) groups excluding carboxylic acids is 2. The largest absolute Gasteiger partial charge is 0.331 e. The van der Waals surface area contributed by atoms with E-state index in [9.17, 15) is 9.59 Å². The topological polar surface area (TPSA) is 88.7 Å². The third kappa shape index (κ3) is 7.72. The van der Waals surface area contributed by atoms with Crippen molar-refractivity contribution < 1.29 is 9.59 Å². The number of benzene rings is 2. The summed E-state index contributed by atoms with van der Waals surface area (Å²) in [5, 5.41) is 9.21. The van der Waals surface area contributed by atoms with Crippen LogP contribution in [0.1, 0.15) is 6.42 Å². The molecule has 152 valence electrons. The van der Waals surface area contributed by atoms with E-state index in [4.69, 9.17) is 24.4 Å². The normalized spacial score (nSPS) is 9.72. The van der Waals surface area contributed by atoms with Crippen molar-refractivity contribution in [2.45, 2.75) is 6.42 Å². The Morgan fingerprint density at radius 3 is 1.41 bits per heavy atom. The maximum atomic E-state index is 12.1. The Kier molecular flexibility index (Phi) is 8.31. The Morgan fingerprint density at radius 2 is 1.07 bits per heavy atom. The van der Waals surface area contributed by atoms with Crippen molar-refractivity contribution in [3.63, 3.8) is 0 Å². The molecule has 10 heteroatoms. The van der Waals surface area contributed by atoms with Crippen LogP contribution in [0.25, 0.3) is 0 Å². The number of carbonyl (C=O) groups is 2. The Labute approximate surface area is 180 Å². The average Bonchev–Trinajstić information content (AvgIpc) is 2.69. The van der Waals surface area contributed by atoms with Crippen LogP contribution in [0.15, 0.2) is 60.7 Å². The van der Waals surface area contributed by atoms with Crippen molar-refractivity contribution in [2.75, 3.05) is 24.7 Å². The lowest BCUT2D eigenvalue weighted by molar-refractivity contribution is -0.132. The lowest BCUT2D eigenvalue weighted by Crippen LogP contribution is -2.49. The number of amides is 2. The molecule has 0 aromatic heterocycles. The number of rotatable bonds is 4. The molecule has 0 unspecified atom stereocenters. The van der Waals surface area contributed by atoms with E-state index in [0.29, 0.717) is 0 Å². The molecule has 0 fully saturated rings. The number of anilines is 2. The van der Waals surface area contributed by atoms with Crippen LogP contribution in [0.4, 0.5) is 11.4 Å². The molecule has 0 bridgehead atoms. The molecule has 0 atom stereocenters. The predicted molar refractivity (Wildman–Crippen MR) is 122 cm³/mol. The van der Waals surface area contributed by atoms with E-state index in [1.54, 1.807) is 14.1 Å². The summed E-state index contributed by atoms with van der Waals surface area (Å²) in [4.78, 5) is 24.2. The van der Waals surface area contributed by atoms with Crippen LogP contribution in [0.2, 0.25) is 0 Å². The lowest BCUT2D eigenvalue weighted by atomic mass is 10.3. The highest BCUT2D eigenvalue weighted by Gasteiger charge is 2.15. The summed E-state index contributed by atoms with van der Waals surface area (Å²) in [6.07, 6.45) is -0.392. The highest BCUT2D eigenvalue weighted by Crippen LogP contribution is 2.06. The monoisotopic (exact) mass is 430 g/mol. The highest BCUT2D eigenvalue weighted by molar-refractivity contribution is 7.80. The fraction of sp³-hybridized carbons (Fsp3) is 0.158. The number of thiocarbonyl (C=S) groups is 2. The van der Waals surface area contributed by atoms with Gasteiger partial charge in [0.15, 0.2) is 10.2 Å². The zero-order valence-electron chi connectivity index (χ0n) is 16.0. The molecule has 0 saturated heterocycles. The SMILES string of the molecule is CN(NC(=O)CC(=O)NN(C)C(=S)Nc1ccccc1)C(=S)Nc1ccccc1. The Bertz CT molecular complexity index is 792. The van der Waals surface area contributed by atoms with Crippen LogP contribution < -0.4 is 21.5 Å². The molecule has 2 rings (SSSR count). The predicted octanol–water partition coefficient (Wildman–Crippen LogP) is 2.10. The van der Waals surface area contributed by atoms with Crippen LogP contribution in [-0.2, 0) is 9.59 Å². The van der Waals surface area contributed by atoms with Crippen molar-refractivity contribution in [1.29, 1.82) is 0 Å².